The van der Waals surface area contributed by atoms with Crippen LogP contribution in [0.25, 0.3) is 0 Å². The number of halogens is 1. The standard InChI is InChI=1S/C14H17ClO3/c1-3-17-9(2)13(16)8-11-7-12(15)6-10-4-5-18-14(10)11/h6-7,9H,3-5,8H2,1-2H3. The molecule has 98 valence electrons. The van der Waals surface area contributed by atoms with Gasteiger partial charge in [-0.3, -0.25) is 4.79 Å². The van der Waals surface area contributed by atoms with Gasteiger partial charge in [0.15, 0.2) is 5.78 Å². The summed E-state index contributed by atoms with van der Waals surface area (Å²) in [6, 6.07) is 3.71. The normalized spacial score (nSPS) is 15.1. The lowest BCUT2D eigenvalue weighted by atomic mass is 10.0. The van der Waals surface area contributed by atoms with E-state index in [9.17, 15) is 4.79 Å². The molecule has 1 atom stereocenters. The van der Waals surface area contributed by atoms with Gasteiger partial charge in [-0.15, -0.1) is 0 Å². The number of fused-ring (bicyclic) bond motifs is 1. The zero-order valence-corrected chi connectivity index (χ0v) is 11.4. The second kappa shape index (κ2) is 5.72. The fourth-order valence-corrected chi connectivity index (χ4v) is 2.42. The van der Waals surface area contributed by atoms with Crippen molar-refractivity contribution in [2.45, 2.75) is 32.8 Å². The molecule has 0 saturated carbocycles. The molecule has 2 rings (SSSR count). The molecule has 1 aliphatic heterocycles. The van der Waals surface area contributed by atoms with Crippen LogP contribution < -0.4 is 4.74 Å². The van der Waals surface area contributed by atoms with Gasteiger partial charge in [-0.25, -0.2) is 0 Å². The number of carbonyl (C=O) groups is 1. The van der Waals surface area contributed by atoms with Crippen LogP contribution in [-0.2, 0) is 22.4 Å². The number of Topliss-reactive ketones (excluding diaryl/α,β-unsaturated/α-hetero) is 1. The van der Waals surface area contributed by atoms with Crippen LogP contribution in [0.5, 0.6) is 5.75 Å². The fraction of sp³-hybridized carbons (Fsp3) is 0.500. The Morgan fingerprint density at radius 2 is 2.33 bits per heavy atom. The van der Waals surface area contributed by atoms with Crippen molar-refractivity contribution in [2.24, 2.45) is 0 Å². The van der Waals surface area contributed by atoms with Crippen LogP contribution in [0.1, 0.15) is 25.0 Å². The predicted molar refractivity (Wildman–Crippen MR) is 70.5 cm³/mol. The molecule has 0 aliphatic carbocycles. The zero-order valence-electron chi connectivity index (χ0n) is 10.7. The highest BCUT2D eigenvalue weighted by Gasteiger charge is 2.21. The van der Waals surface area contributed by atoms with Gasteiger partial charge < -0.3 is 9.47 Å². The third kappa shape index (κ3) is 2.85. The molecule has 1 aliphatic rings. The number of hydrogen-bond acceptors (Lipinski definition) is 3. The number of ketones is 1. The molecule has 0 saturated heterocycles. The maximum atomic E-state index is 12.0. The maximum Gasteiger partial charge on any atom is 0.165 e. The Bertz CT molecular complexity index is 457. The largest absolute Gasteiger partial charge is 0.493 e. The molecule has 1 aromatic carbocycles. The maximum absolute atomic E-state index is 12.0. The Labute approximate surface area is 112 Å². The molecule has 1 heterocycles. The van der Waals surface area contributed by atoms with Gasteiger partial charge in [-0.05, 0) is 31.5 Å². The second-order valence-corrected chi connectivity index (χ2v) is 4.83. The van der Waals surface area contributed by atoms with E-state index in [0.29, 0.717) is 24.7 Å². The summed E-state index contributed by atoms with van der Waals surface area (Å²) in [6.45, 7) is 4.86. The molecule has 0 amide bonds. The van der Waals surface area contributed by atoms with E-state index in [-0.39, 0.29) is 11.9 Å². The van der Waals surface area contributed by atoms with Crippen molar-refractivity contribution in [1.29, 1.82) is 0 Å². The Hall–Kier alpha value is -1.06. The van der Waals surface area contributed by atoms with E-state index in [0.717, 1.165) is 23.3 Å². The molecular formula is C14H17ClO3. The number of ether oxygens (including phenoxy) is 2. The predicted octanol–water partition coefficient (Wildman–Crippen LogP) is 2.81. The van der Waals surface area contributed by atoms with E-state index >= 15 is 0 Å². The highest BCUT2D eigenvalue weighted by atomic mass is 35.5. The van der Waals surface area contributed by atoms with Gasteiger partial charge in [0.2, 0.25) is 0 Å². The Morgan fingerprint density at radius 1 is 1.56 bits per heavy atom. The molecule has 3 nitrogen and oxygen atoms in total. The summed E-state index contributed by atoms with van der Waals surface area (Å²) in [6.07, 6.45) is 0.786. The summed E-state index contributed by atoms with van der Waals surface area (Å²) < 4.78 is 10.9. The third-order valence-corrected chi connectivity index (χ3v) is 3.28. The van der Waals surface area contributed by atoms with Crippen molar-refractivity contribution >= 4 is 17.4 Å². The number of benzene rings is 1. The first-order valence-corrected chi connectivity index (χ1v) is 6.58. The summed E-state index contributed by atoms with van der Waals surface area (Å²) in [4.78, 5) is 12.0. The Kier molecular flexibility index (Phi) is 4.25. The van der Waals surface area contributed by atoms with Gasteiger partial charge in [0.25, 0.3) is 0 Å². The zero-order chi connectivity index (χ0) is 13.1. The average Bonchev–Trinajstić information content (AvgIpc) is 2.77. The number of carbonyl (C=O) groups excluding carboxylic acids is 1. The summed E-state index contributed by atoms with van der Waals surface area (Å²) in [7, 11) is 0. The van der Waals surface area contributed by atoms with E-state index in [1.165, 1.54) is 0 Å². The first-order chi connectivity index (χ1) is 8.61. The highest BCUT2D eigenvalue weighted by molar-refractivity contribution is 6.30. The molecule has 0 bridgehead atoms. The number of hydrogen-bond donors (Lipinski definition) is 0. The van der Waals surface area contributed by atoms with Crippen LogP contribution in [0.3, 0.4) is 0 Å². The van der Waals surface area contributed by atoms with Gasteiger partial charge in [-0.2, -0.15) is 0 Å². The van der Waals surface area contributed by atoms with E-state index in [2.05, 4.69) is 0 Å². The first kappa shape index (κ1) is 13.4. The SMILES string of the molecule is CCOC(C)C(=O)Cc1cc(Cl)cc2c1OCC2. The van der Waals surface area contributed by atoms with E-state index in [1.54, 1.807) is 6.92 Å². The van der Waals surface area contributed by atoms with Crippen molar-refractivity contribution in [3.05, 3.63) is 28.3 Å². The Balaban J connectivity index is 2.17. The minimum atomic E-state index is -0.383. The minimum absolute atomic E-state index is 0.0526. The summed E-state index contributed by atoms with van der Waals surface area (Å²) in [5.41, 5.74) is 1.96. The molecule has 0 aromatic heterocycles. The summed E-state index contributed by atoms with van der Waals surface area (Å²) >= 11 is 6.05. The van der Waals surface area contributed by atoms with Crippen molar-refractivity contribution < 1.29 is 14.3 Å². The Morgan fingerprint density at radius 3 is 3.06 bits per heavy atom. The van der Waals surface area contributed by atoms with Crippen LogP contribution in [-0.4, -0.2) is 25.1 Å². The van der Waals surface area contributed by atoms with Crippen molar-refractivity contribution in [1.82, 2.24) is 0 Å². The quantitative estimate of drug-likeness (QED) is 0.824. The van der Waals surface area contributed by atoms with Gasteiger partial charge in [-0.1, -0.05) is 11.6 Å². The third-order valence-electron chi connectivity index (χ3n) is 3.06. The van der Waals surface area contributed by atoms with E-state index in [4.69, 9.17) is 21.1 Å². The molecule has 0 N–H and O–H groups in total. The van der Waals surface area contributed by atoms with Crippen molar-refractivity contribution in [3.63, 3.8) is 0 Å². The topological polar surface area (TPSA) is 35.5 Å². The monoisotopic (exact) mass is 268 g/mol. The molecule has 0 fully saturated rings. The van der Waals surface area contributed by atoms with E-state index < -0.39 is 0 Å². The molecular weight excluding hydrogens is 252 g/mol. The fourth-order valence-electron chi connectivity index (χ4n) is 2.15. The van der Waals surface area contributed by atoms with Crippen LogP contribution in [0, 0.1) is 0 Å². The summed E-state index contributed by atoms with van der Waals surface area (Å²) in [5, 5.41) is 0.658. The van der Waals surface area contributed by atoms with Crippen molar-refractivity contribution in [3.8, 4) is 5.75 Å². The van der Waals surface area contributed by atoms with Crippen LogP contribution >= 0.6 is 11.6 Å². The lowest BCUT2D eigenvalue weighted by Gasteiger charge is -2.12. The van der Waals surface area contributed by atoms with Gasteiger partial charge in [0.05, 0.1) is 6.61 Å². The van der Waals surface area contributed by atoms with Crippen LogP contribution in [0.4, 0.5) is 0 Å². The van der Waals surface area contributed by atoms with Crippen molar-refractivity contribution in [2.75, 3.05) is 13.2 Å². The highest BCUT2D eigenvalue weighted by Crippen LogP contribution is 2.33. The lowest BCUT2D eigenvalue weighted by molar-refractivity contribution is -0.128. The van der Waals surface area contributed by atoms with Gasteiger partial charge in [0.1, 0.15) is 11.9 Å². The number of rotatable bonds is 5. The molecule has 18 heavy (non-hydrogen) atoms. The summed E-state index contributed by atoms with van der Waals surface area (Å²) in [5.74, 6) is 0.883. The second-order valence-electron chi connectivity index (χ2n) is 4.39. The molecule has 1 aromatic rings. The first-order valence-electron chi connectivity index (χ1n) is 6.20. The van der Waals surface area contributed by atoms with Gasteiger partial charge >= 0.3 is 0 Å². The minimum Gasteiger partial charge on any atom is -0.493 e. The van der Waals surface area contributed by atoms with Crippen LogP contribution in [0.15, 0.2) is 12.1 Å². The molecule has 0 spiro atoms. The van der Waals surface area contributed by atoms with Crippen LogP contribution in [0.2, 0.25) is 5.02 Å². The molecule has 1 unspecified atom stereocenters. The lowest BCUT2D eigenvalue weighted by Crippen LogP contribution is -2.22. The average molecular weight is 269 g/mol. The molecule has 0 radical (unpaired) electrons. The van der Waals surface area contributed by atoms with Gasteiger partial charge in [0, 0.05) is 30.0 Å². The smallest absolute Gasteiger partial charge is 0.165 e. The molecule has 4 heteroatoms. The van der Waals surface area contributed by atoms with E-state index in [1.807, 2.05) is 19.1 Å².